The molecular weight excluding hydrogens is 183 g/mol. The van der Waals surface area contributed by atoms with E-state index in [2.05, 4.69) is 15.4 Å². The summed E-state index contributed by atoms with van der Waals surface area (Å²) in [4.78, 5) is 0. The summed E-state index contributed by atoms with van der Waals surface area (Å²) in [5.74, 6) is 0. The molecule has 0 rings (SSSR count). The van der Waals surface area contributed by atoms with Crippen LogP contribution in [0.25, 0.3) is 0 Å². The Hall–Kier alpha value is 1.29. The van der Waals surface area contributed by atoms with Crippen molar-refractivity contribution < 1.29 is 42.5 Å². The maximum absolute atomic E-state index is 10.2. The van der Waals surface area contributed by atoms with Crippen molar-refractivity contribution in [1.29, 1.82) is 0 Å². The van der Waals surface area contributed by atoms with Gasteiger partial charge in [0.25, 0.3) is 0 Å². The molecular formula is C4H9NaO3S2. The minimum Gasteiger partial charge on any atom is -0.748 e. The van der Waals surface area contributed by atoms with Crippen molar-refractivity contribution in [2.45, 2.75) is 26.4 Å². The summed E-state index contributed by atoms with van der Waals surface area (Å²) in [6.07, 6.45) is 0.350. The van der Waals surface area contributed by atoms with Crippen LogP contribution in [0.3, 0.4) is 0 Å². The molecule has 3 nitrogen and oxygen atoms in total. The van der Waals surface area contributed by atoms with Crippen molar-refractivity contribution in [3.05, 3.63) is 0 Å². The standard InChI is InChI=1S/C4H10O3S2.Na/c1-3-4(2)7-9(5,6)8;/h4H,3H2,1-2H3,(H,5,6,8);/q;+1/p-1. The van der Waals surface area contributed by atoms with Crippen LogP contribution in [0, 0.1) is 0 Å². The van der Waals surface area contributed by atoms with Crippen LogP contribution in [0.4, 0.5) is 0 Å². The zero-order valence-corrected chi connectivity index (χ0v) is 9.96. The topological polar surface area (TPSA) is 49.4 Å². The van der Waals surface area contributed by atoms with Crippen LogP contribution in [0.15, 0.2) is 0 Å². The molecule has 0 aromatic heterocycles. The van der Waals surface area contributed by atoms with Gasteiger partial charge in [-0.15, -0.1) is 0 Å². The third kappa shape index (κ3) is 9.29. The van der Waals surface area contributed by atoms with Gasteiger partial charge < -0.3 is 4.55 Å². The van der Waals surface area contributed by atoms with Gasteiger partial charge in [0.15, 0.2) is 0 Å². The van der Waals surface area contributed by atoms with E-state index >= 15 is 0 Å². The first-order valence-corrected chi connectivity index (χ1v) is 4.93. The van der Waals surface area contributed by atoms with Crippen LogP contribution in [-0.2, 0) is 24.4 Å². The van der Waals surface area contributed by atoms with E-state index in [0.717, 1.165) is 0 Å². The van der Waals surface area contributed by atoms with Crippen LogP contribution in [0.1, 0.15) is 20.3 Å². The van der Waals surface area contributed by atoms with Crippen molar-refractivity contribution >= 4 is 20.2 Å². The maximum atomic E-state index is 10.2. The van der Waals surface area contributed by atoms with Crippen LogP contribution in [-0.4, -0.2) is 14.9 Å². The third-order valence-corrected chi connectivity index (χ3v) is 1.66. The Bertz CT molecular complexity index is 165. The monoisotopic (exact) mass is 192 g/mol. The van der Waals surface area contributed by atoms with Gasteiger partial charge in [-0.3, -0.25) is 4.18 Å². The van der Waals surface area contributed by atoms with Gasteiger partial charge in [-0.05, 0) is 24.5 Å². The normalized spacial score (nSPS) is 18.7. The van der Waals surface area contributed by atoms with Gasteiger partial charge in [0.05, 0.1) is 15.2 Å². The van der Waals surface area contributed by atoms with Gasteiger partial charge in [0.1, 0.15) is 0 Å². The molecule has 0 spiro atoms. The summed E-state index contributed by atoms with van der Waals surface area (Å²) in [6, 6.07) is 0. The fourth-order valence-electron chi connectivity index (χ4n) is 0.269. The number of hydrogen-bond donors (Lipinski definition) is 0. The van der Waals surface area contributed by atoms with Crippen molar-refractivity contribution in [2.24, 2.45) is 0 Å². The number of hydrogen-bond acceptors (Lipinski definition) is 4. The summed E-state index contributed by atoms with van der Waals surface area (Å²) in [5.41, 5.74) is 0. The fourth-order valence-corrected chi connectivity index (χ4v) is 1.21. The molecule has 0 saturated carbocycles. The Kier molecular flexibility index (Phi) is 8.14. The molecule has 0 N–H and O–H groups in total. The van der Waals surface area contributed by atoms with E-state index in [-0.39, 0.29) is 35.7 Å². The quantitative estimate of drug-likeness (QED) is 0.468. The first kappa shape index (κ1) is 13.9. The molecule has 2 atom stereocenters. The Morgan fingerprint density at radius 1 is 1.80 bits per heavy atom. The minimum atomic E-state index is -3.65. The molecule has 0 aliphatic heterocycles. The van der Waals surface area contributed by atoms with Gasteiger partial charge in [-0.1, -0.05) is 6.92 Å². The Morgan fingerprint density at radius 2 is 2.20 bits per heavy atom. The van der Waals surface area contributed by atoms with Gasteiger partial charge in [0, 0.05) is 0 Å². The van der Waals surface area contributed by atoms with E-state index < -0.39 is 9.05 Å². The predicted octanol–water partition coefficient (Wildman–Crippen LogP) is -2.40. The average Bonchev–Trinajstić information content (AvgIpc) is 1.62. The van der Waals surface area contributed by atoms with E-state index in [1.807, 2.05) is 6.92 Å². The van der Waals surface area contributed by atoms with Crippen LogP contribution >= 0.6 is 0 Å². The van der Waals surface area contributed by atoms with Gasteiger partial charge >= 0.3 is 29.6 Å². The molecule has 0 heterocycles. The largest absolute Gasteiger partial charge is 1.00 e. The Labute approximate surface area is 88.5 Å². The fraction of sp³-hybridized carbons (Fsp3) is 1.00. The zero-order chi connectivity index (χ0) is 7.49. The molecule has 0 radical (unpaired) electrons. The second kappa shape index (κ2) is 5.88. The third-order valence-electron chi connectivity index (χ3n) is 0.857. The van der Waals surface area contributed by atoms with Gasteiger partial charge in [-0.25, -0.2) is 4.21 Å². The molecule has 10 heavy (non-hydrogen) atoms. The molecule has 0 aliphatic carbocycles. The van der Waals surface area contributed by atoms with Gasteiger partial charge in [-0.2, -0.15) is 0 Å². The molecule has 0 saturated heterocycles. The van der Waals surface area contributed by atoms with Crippen molar-refractivity contribution in [3.63, 3.8) is 0 Å². The first-order valence-electron chi connectivity index (χ1n) is 2.60. The summed E-state index contributed by atoms with van der Waals surface area (Å²) < 4.78 is 24.8. The number of rotatable bonds is 3. The molecule has 56 valence electrons. The SMILES string of the molecule is CCC(C)OS(=O)([O-])=S.[Na+]. The molecule has 0 aliphatic rings. The van der Waals surface area contributed by atoms with Gasteiger partial charge in [0.2, 0.25) is 0 Å². The van der Waals surface area contributed by atoms with Crippen LogP contribution in [0.2, 0.25) is 0 Å². The summed E-state index contributed by atoms with van der Waals surface area (Å²) in [5, 5.41) is 0. The molecule has 0 bridgehead atoms. The summed E-state index contributed by atoms with van der Waals surface area (Å²) >= 11 is 3.98. The van der Waals surface area contributed by atoms with E-state index in [1.165, 1.54) is 0 Å². The van der Waals surface area contributed by atoms with Crippen molar-refractivity contribution in [2.75, 3.05) is 0 Å². The Balaban J connectivity index is 0. The molecule has 2 unspecified atom stereocenters. The molecule has 0 fully saturated rings. The smallest absolute Gasteiger partial charge is 0.748 e. The van der Waals surface area contributed by atoms with Crippen molar-refractivity contribution in [3.8, 4) is 0 Å². The zero-order valence-electron chi connectivity index (χ0n) is 6.33. The first-order chi connectivity index (χ1) is 3.95. The second-order valence-corrected chi connectivity index (χ2v) is 3.96. The minimum absolute atomic E-state index is 0. The van der Waals surface area contributed by atoms with Crippen LogP contribution < -0.4 is 29.6 Å². The molecule has 0 aromatic rings. The predicted molar refractivity (Wildman–Crippen MR) is 37.1 cm³/mol. The van der Waals surface area contributed by atoms with E-state index in [0.29, 0.717) is 6.42 Å². The Morgan fingerprint density at radius 3 is 2.30 bits per heavy atom. The summed E-state index contributed by atoms with van der Waals surface area (Å²) in [6.45, 7) is 3.48. The molecule has 0 amide bonds. The molecule has 6 heteroatoms. The van der Waals surface area contributed by atoms with Crippen LogP contribution in [0.5, 0.6) is 0 Å². The van der Waals surface area contributed by atoms with Crippen molar-refractivity contribution in [1.82, 2.24) is 0 Å². The molecule has 0 aromatic carbocycles. The average molecular weight is 192 g/mol. The van der Waals surface area contributed by atoms with E-state index in [4.69, 9.17) is 0 Å². The maximum Gasteiger partial charge on any atom is 1.00 e. The van der Waals surface area contributed by atoms with E-state index in [9.17, 15) is 8.76 Å². The summed E-state index contributed by atoms with van der Waals surface area (Å²) in [7, 11) is -3.65. The second-order valence-electron chi connectivity index (χ2n) is 1.72. The van der Waals surface area contributed by atoms with E-state index in [1.54, 1.807) is 6.92 Å².